The van der Waals surface area contributed by atoms with E-state index >= 15 is 0 Å². The van der Waals surface area contributed by atoms with Gasteiger partial charge in [-0.3, -0.25) is 9.59 Å². The number of aryl methyl sites for hydroxylation is 1. The van der Waals surface area contributed by atoms with Crippen molar-refractivity contribution >= 4 is 23.1 Å². The van der Waals surface area contributed by atoms with Gasteiger partial charge >= 0.3 is 0 Å². The highest BCUT2D eigenvalue weighted by atomic mass is 16.3. The maximum Gasteiger partial charge on any atom is 0.296 e. The predicted molar refractivity (Wildman–Crippen MR) is 119 cm³/mol. The third-order valence-corrected chi connectivity index (χ3v) is 5.50. The number of likely N-dealkylation sites (tertiary alicyclic amines) is 1. The second-order valence-electron chi connectivity index (χ2n) is 7.86. The average molecular weight is 416 g/mol. The molecule has 0 unspecified atom stereocenters. The number of hydrogen-bond acceptors (Lipinski definition) is 5. The topological polar surface area (TPSA) is 74.0 Å². The van der Waals surface area contributed by atoms with Crippen molar-refractivity contribution in [3.63, 3.8) is 0 Å². The largest absolute Gasteiger partial charge is 0.507 e. The van der Waals surface area contributed by atoms with Crippen molar-refractivity contribution in [2.45, 2.75) is 19.5 Å². The minimum absolute atomic E-state index is 0.0815. The summed E-state index contributed by atoms with van der Waals surface area (Å²) in [5.74, 6) is -0.979. The molecule has 158 valence electrons. The summed E-state index contributed by atoms with van der Waals surface area (Å²) in [5.41, 5.74) is 3.34. The Bertz CT molecular complexity index is 1130. The minimum Gasteiger partial charge on any atom is -0.507 e. The first kappa shape index (κ1) is 20.5. The van der Waals surface area contributed by atoms with Gasteiger partial charge in [-0.25, -0.2) is 0 Å². The average Bonchev–Trinajstić information content (AvgIpc) is 3.36. The molecule has 0 aliphatic carbocycles. The molecule has 0 bridgehead atoms. The van der Waals surface area contributed by atoms with Crippen LogP contribution in [-0.4, -0.2) is 35.8 Å². The van der Waals surface area contributed by atoms with Crippen molar-refractivity contribution in [1.82, 2.24) is 4.90 Å². The Labute approximate surface area is 181 Å². The molecule has 0 radical (unpaired) electrons. The lowest BCUT2D eigenvalue weighted by atomic mass is 9.95. The smallest absolute Gasteiger partial charge is 0.296 e. The third kappa shape index (κ3) is 3.84. The van der Waals surface area contributed by atoms with Gasteiger partial charge in [0.1, 0.15) is 11.5 Å². The highest BCUT2D eigenvalue weighted by Crippen LogP contribution is 2.40. The van der Waals surface area contributed by atoms with Crippen molar-refractivity contribution in [2.24, 2.45) is 0 Å². The van der Waals surface area contributed by atoms with Gasteiger partial charge in [0.25, 0.3) is 11.7 Å². The number of furan rings is 1. The van der Waals surface area contributed by atoms with Gasteiger partial charge in [-0.05, 0) is 36.8 Å². The Morgan fingerprint density at radius 3 is 2.29 bits per heavy atom. The van der Waals surface area contributed by atoms with Crippen LogP contribution in [0.15, 0.2) is 76.9 Å². The highest BCUT2D eigenvalue weighted by molar-refractivity contribution is 6.46. The van der Waals surface area contributed by atoms with Crippen LogP contribution < -0.4 is 4.90 Å². The zero-order chi connectivity index (χ0) is 22.1. The molecule has 1 fully saturated rings. The first-order chi connectivity index (χ1) is 14.9. The number of Topliss-reactive ketones (excluding diaryl/α,β-unsaturated/α-hetero) is 1. The van der Waals surface area contributed by atoms with E-state index in [-0.39, 0.29) is 17.9 Å². The first-order valence-electron chi connectivity index (χ1n) is 10.0. The van der Waals surface area contributed by atoms with Crippen LogP contribution in [-0.2, 0) is 16.1 Å². The van der Waals surface area contributed by atoms with Crippen molar-refractivity contribution < 1.29 is 19.1 Å². The number of nitrogens with zero attached hydrogens (tertiary/aromatic N) is 2. The van der Waals surface area contributed by atoms with Crippen LogP contribution in [0.1, 0.15) is 28.5 Å². The van der Waals surface area contributed by atoms with Crippen molar-refractivity contribution in [1.29, 1.82) is 0 Å². The molecule has 4 rings (SSSR count). The summed E-state index contributed by atoms with van der Waals surface area (Å²) in [6.07, 6.45) is 1.53. The number of rotatable bonds is 5. The van der Waals surface area contributed by atoms with Crippen molar-refractivity contribution in [2.75, 3.05) is 19.0 Å². The SMILES string of the molecule is Cc1ccc(/C(O)=C2\C(=O)C(=O)N(Cc3ccco3)[C@@H]2c2ccc(N(C)C)cc2)cc1. The summed E-state index contributed by atoms with van der Waals surface area (Å²) in [7, 11) is 3.88. The van der Waals surface area contributed by atoms with E-state index in [9.17, 15) is 14.7 Å². The molecule has 1 aliphatic rings. The zero-order valence-electron chi connectivity index (χ0n) is 17.7. The number of aliphatic hydroxyl groups excluding tert-OH is 1. The molecular formula is C25H24N2O4. The fourth-order valence-electron chi connectivity index (χ4n) is 3.78. The summed E-state index contributed by atoms with van der Waals surface area (Å²) in [5, 5.41) is 11.1. The molecule has 2 aromatic carbocycles. The Hall–Kier alpha value is -3.80. The van der Waals surface area contributed by atoms with E-state index in [1.807, 2.05) is 62.3 Å². The monoisotopic (exact) mass is 416 g/mol. The number of carbonyl (C=O) groups excluding carboxylic acids is 2. The molecule has 0 saturated carbocycles. The Kier molecular flexibility index (Phi) is 5.38. The molecule has 6 nitrogen and oxygen atoms in total. The van der Waals surface area contributed by atoms with E-state index in [0.29, 0.717) is 11.3 Å². The second kappa shape index (κ2) is 8.14. The Morgan fingerprint density at radius 2 is 1.71 bits per heavy atom. The molecule has 1 atom stereocenters. The van der Waals surface area contributed by atoms with Crippen LogP contribution in [0.2, 0.25) is 0 Å². The van der Waals surface area contributed by atoms with Crippen molar-refractivity contribution in [3.8, 4) is 0 Å². The van der Waals surface area contributed by atoms with Gasteiger partial charge in [-0.15, -0.1) is 0 Å². The standard InChI is InChI=1S/C25H24N2O4/c1-16-6-8-18(9-7-16)23(28)21-22(17-10-12-19(13-11-17)26(2)3)27(25(30)24(21)29)15-20-5-4-14-31-20/h4-14,22,28H,15H2,1-3H3/b23-21+/t22-/m1/s1. The molecule has 1 saturated heterocycles. The number of aliphatic hydroxyl groups is 1. The zero-order valence-corrected chi connectivity index (χ0v) is 17.7. The van der Waals surface area contributed by atoms with Gasteiger partial charge in [0, 0.05) is 25.3 Å². The number of benzene rings is 2. The molecule has 0 spiro atoms. The summed E-state index contributed by atoms with van der Waals surface area (Å²) in [4.78, 5) is 29.4. The van der Waals surface area contributed by atoms with E-state index in [0.717, 1.165) is 16.8 Å². The lowest BCUT2D eigenvalue weighted by Crippen LogP contribution is -2.29. The van der Waals surface area contributed by atoms with Crippen molar-refractivity contribution in [3.05, 3.63) is 95.0 Å². The fourth-order valence-corrected chi connectivity index (χ4v) is 3.78. The maximum atomic E-state index is 13.0. The Balaban J connectivity index is 1.84. The van der Waals surface area contributed by atoms with Crippen LogP contribution in [0.4, 0.5) is 5.69 Å². The second-order valence-corrected chi connectivity index (χ2v) is 7.86. The van der Waals surface area contributed by atoms with E-state index in [2.05, 4.69) is 0 Å². The summed E-state index contributed by atoms with van der Waals surface area (Å²) >= 11 is 0. The van der Waals surface area contributed by atoms with E-state index in [1.54, 1.807) is 24.3 Å². The highest BCUT2D eigenvalue weighted by Gasteiger charge is 2.46. The molecule has 2 heterocycles. The lowest BCUT2D eigenvalue weighted by molar-refractivity contribution is -0.140. The summed E-state index contributed by atoms with van der Waals surface area (Å²) in [6.45, 7) is 2.07. The predicted octanol–water partition coefficient (Wildman–Crippen LogP) is 4.28. The molecule has 1 N–H and O–H groups in total. The van der Waals surface area contributed by atoms with Crippen LogP contribution in [0, 0.1) is 6.92 Å². The van der Waals surface area contributed by atoms with E-state index in [1.165, 1.54) is 11.2 Å². The van der Waals surface area contributed by atoms with Crippen LogP contribution in [0.3, 0.4) is 0 Å². The first-order valence-corrected chi connectivity index (χ1v) is 10.0. The van der Waals surface area contributed by atoms with Gasteiger partial charge in [-0.1, -0.05) is 42.0 Å². The molecule has 1 amide bonds. The molecular weight excluding hydrogens is 392 g/mol. The fraction of sp³-hybridized carbons (Fsp3) is 0.200. The van der Waals surface area contributed by atoms with E-state index < -0.39 is 17.7 Å². The van der Waals surface area contributed by atoms with Crippen LogP contribution in [0.25, 0.3) is 5.76 Å². The maximum absolute atomic E-state index is 13.0. The van der Waals surface area contributed by atoms with Crippen LogP contribution in [0.5, 0.6) is 0 Å². The molecule has 1 aliphatic heterocycles. The number of ketones is 1. The minimum atomic E-state index is -0.720. The third-order valence-electron chi connectivity index (χ3n) is 5.50. The Morgan fingerprint density at radius 1 is 1.03 bits per heavy atom. The summed E-state index contributed by atoms with van der Waals surface area (Å²) < 4.78 is 5.42. The van der Waals surface area contributed by atoms with Gasteiger partial charge in [0.2, 0.25) is 0 Å². The molecule has 31 heavy (non-hydrogen) atoms. The van der Waals surface area contributed by atoms with Gasteiger partial charge in [0.15, 0.2) is 0 Å². The number of anilines is 1. The van der Waals surface area contributed by atoms with Gasteiger partial charge in [0.05, 0.1) is 24.4 Å². The normalized spacial score (nSPS) is 17.9. The number of hydrogen-bond donors (Lipinski definition) is 1. The molecule has 6 heteroatoms. The molecule has 3 aromatic rings. The van der Waals surface area contributed by atoms with Crippen LogP contribution >= 0.6 is 0 Å². The number of carbonyl (C=O) groups is 2. The van der Waals surface area contributed by atoms with E-state index in [4.69, 9.17) is 4.42 Å². The van der Waals surface area contributed by atoms with Gasteiger partial charge in [-0.2, -0.15) is 0 Å². The lowest BCUT2D eigenvalue weighted by Gasteiger charge is -2.25. The molecule has 1 aromatic heterocycles. The van der Waals surface area contributed by atoms with Gasteiger partial charge < -0.3 is 19.3 Å². The quantitative estimate of drug-likeness (QED) is 0.382. The summed E-state index contributed by atoms with van der Waals surface area (Å²) in [6, 6.07) is 17.6. The number of amides is 1.